The molecule has 1 aliphatic rings. The number of hydrogen-bond acceptors (Lipinski definition) is 7. The van der Waals surface area contributed by atoms with Crippen LogP contribution in [-0.2, 0) is 6.18 Å². The minimum atomic E-state index is -4.57. The Labute approximate surface area is 174 Å². The molecule has 1 aliphatic heterocycles. The molecule has 0 radical (unpaired) electrons. The van der Waals surface area contributed by atoms with Gasteiger partial charge in [0.05, 0.1) is 36.4 Å². The fraction of sp³-hybridized carbons (Fsp3) is 0.368. The van der Waals surface area contributed by atoms with Crippen LogP contribution < -0.4 is 4.74 Å². The third kappa shape index (κ3) is 4.32. The number of amides is 1. The van der Waals surface area contributed by atoms with Gasteiger partial charge in [0.15, 0.2) is 11.5 Å². The summed E-state index contributed by atoms with van der Waals surface area (Å²) in [5, 5.41) is 8.08. The Bertz CT molecular complexity index is 1040. The summed E-state index contributed by atoms with van der Waals surface area (Å²) in [7, 11) is 0. The van der Waals surface area contributed by atoms with Gasteiger partial charge >= 0.3 is 6.18 Å². The molecule has 4 rings (SSSR count). The van der Waals surface area contributed by atoms with E-state index in [4.69, 9.17) is 4.74 Å². The van der Waals surface area contributed by atoms with Crippen LogP contribution in [0.5, 0.6) is 5.88 Å². The van der Waals surface area contributed by atoms with Crippen LogP contribution in [-0.4, -0.2) is 59.4 Å². The van der Waals surface area contributed by atoms with E-state index >= 15 is 0 Å². The second-order valence-electron chi connectivity index (χ2n) is 6.97. The number of nitrogens with zero attached hydrogens (tertiary/aromatic N) is 7. The third-order valence-corrected chi connectivity index (χ3v) is 4.99. The highest BCUT2D eigenvalue weighted by Crippen LogP contribution is 2.28. The summed E-state index contributed by atoms with van der Waals surface area (Å²) >= 11 is 0. The quantitative estimate of drug-likeness (QED) is 0.624. The predicted molar refractivity (Wildman–Crippen MR) is 100 cm³/mol. The lowest BCUT2D eigenvalue weighted by Gasteiger charge is -2.39. The summed E-state index contributed by atoms with van der Waals surface area (Å²) in [6.07, 6.45) is 2.35. The number of halogens is 3. The zero-order valence-electron chi connectivity index (χ0n) is 16.4. The lowest BCUT2D eigenvalue weighted by Crippen LogP contribution is -2.51. The Kier molecular flexibility index (Phi) is 5.53. The van der Waals surface area contributed by atoms with Gasteiger partial charge in [-0.3, -0.25) is 4.79 Å². The van der Waals surface area contributed by atoms with Crippen molar-refractivity contribution in [2.75, 3.05) is 6.54 Å². The molecule has 0 spiro atoms. The van der Waals surface area contributed by atoms with E-state index in [1.165, 1.54) is 17.2 Å². The van der Waals surface area contributed by atoms with Gasteiger partial charge in [0, 0.05) is 12.7 Å². The molecule has 0 aromatic carbocycles. The summed E-state index contributed by atoms with van der Waals surface area (Å²) in [4.78, 5) is 27.5. The first-order valence-corrected chi connectivity index (χ1v) is 9.53. The van der Waals surface area contributed by atoms with Crippen LogP contribution in [0.25, 0.3) is 5.82 Å². The molecular weight excluding hydrogens is 415 g/mol. The molecule has 3 aromatic rings. The van der Waals surface area contributed by atoms with Gasteiger partial charge in [-0.2, -0.15) is 23.4 Å². The van der Waals surface area contributed by atoms with E-state index < -0.39 is 18.0 Å². The highest BCUT2D eigenvalue weighted by atomic mass is 19.4. The molecule has 1 fully saturated rings. The minimum absolute atomic E-state index is 0.0260. The van der Waals surface area contributed by atoms with Crippen molar-refractivity contribution in [3.05, 3.63) is 54.4 Å². The molecule has 0 saturated carbocycles. The number of rotatable bonds is 4. The standard InChI is InChI=1S/C19H18F3N7O2/c1-12-14(31-16-11-24-15(10-25-16)19(20,21)22)5-3-9-28(12)18(30)13-4-2-6-23-17(13)29-26-7-8-27-29/h2,4,6-8,10-12,14H,3,5,9H2,1H3/t12-,14+/m0/s1. The lowest BCUT2D eigenvalue weighted by molar-refractivity contribution is -0.141. The second-order valence-corrected chi connectivity index (χ2v) is 6.97. The summed E-state index contributed by atoms with van der Waals surface area (Å²) < 4.78 is 43.8. The normalized spacial score (nSPS) is 19.3. The van der Waals surface area contributed by atoms with Gasteiger partial charge in [-0.05, 0) is 31.9 Å². The first-order valence-electron chi connectivity index (χ1n) is 9.53. The number of carbonyl (C=O) groups excluding carboxylic acids is 1. The van der Waals surface area contributed by atoms with Gasteiger partial charge in [0.1, 0.15) is 6.10 Å². The van der Waals surface area contributed by atoms with Crippen LogP contribution >= 0.6 is 0 Å². The Morgan fingerprint density at radius 2 is 1.90 bits per heavy atom. The number of hydrogen-bond donors (Lipinski definition) is 0. The van der Waals surface area contributed by atoms with Crippen LogP contribution in [0.15, 0.2) is 43.1 Å². The zero-order valence-corrected chi connectivity index (χ0v) is 16.4. The van der Waals surface area contributed by atoms with Gasteiger partial charge in [-0.25, -0.2) is 15.0 Å². The summed E-state index contributed by atoms with van der Waals surface area (Å²) in [5.74, 6) is 0.0167. The maximum atomic E-state index is 13.3. The van der Waals surface area contributed by atoms with Crippen LogP contribution in [0.1, 0.15) is 35.8 Å². The van der Waals surface area contributed by atoms with Gasteiger partial charge in [0.25, 0.3) is 5.91 Å². The molecule has 0 bridgehead atoms. The van der Waals surface area contributed by atoms with E-state index in [1.807, 2.05) is 6.92 Å². The summed E-state index contributed by atoms with van der Waals surface area (Å²) in [6.45, 7) is 2.32. The van der Waals surface area contributed by atoms with E-state index in [-0.39, 0.29) is 17.8 Å². The fourth-order valence-electron chi connectivity index (χ4n) is 3.43. The lowest BCUT2D eigenvalue weighted by atomic mass is 9.99. The molecule has 0 unspecified atom stereocenters. The Hall–Kier alpha value is -3.57. The molecule has 31 heavy (non-hydrogen) atoms. The smallest absolute Gasteiger partial charge is 0.434 e. The Morgan fingerprint density at radius 1 is 1.13 bits per heavy atom. The van der Waals surface area contributed by atoms with E-state index in [9.17, 15) is 18.0 Å². The van der Waals surface area contributed by atoms with Crippen LogP contribution in [0.3, 0.4) is 0 Å². The van der Waals surface area contributed by atoms with Gasteiger partial charge in [-0.1, -0.05) is 0 Å². The highest BCUT2D eigenvalue weighted by Gasteiger charge is 2.36. The maximum absolute atomic E-state index is 13.3. The van der Waals surface area contributed by atoms with Crippen molar-refractivity contribution >= 4 is 5.91 Å². The molecular formula is C19H18F3N7O2. The van der Waals surface area contributed by atoms with Crippen LogP contribution in [0, 0.1) is 0 Å². The molecule has 0 aliphatic carbocycles. The monoisotopic (exact) mass is 433 g/mol. The van der Waals surface area contributed by atoms with E-state index in [0.29, 0.717) is 37.0 Å². The number of alkyl halides is 3. The van der Waals surface area contributed by atoms with Crippen LogP contribution in [0.4, 0.5) is 13.2 Å². The van der Waals surface area contributed by atoms with Gasteiger partial charge in [-0.15, -0.1) is 4.80 Å². The number of carbonyl (C=O) groups is 1. The number of ether oxygens (including phenoxy) is 1. The van der Waals surface area contributed by atoms with Crippen molar-refractivity contribution in [3.63, 3.8) is 0 Å². The summed E-state index contributed by atoms with van der Waals surface area (Å²) in [6, 6.07) is 2.94. The molecule has 1 amide bonds. The van der Waals surface area contributed by atoms with Crippen molar-refractivity contribution in [1.82, 2.24) is 34.8 Å². The largest absolute Gasteiger partial charge is 0.471 e. The fourth-order valence-corrected chi connectivity index (χ4v) is 3.43. The third-order valence-electron chi connectivity index (χ3n) is 4.99. The molecule has 12 heteroatoms. The molecule has 162 valence electrons. The highest BCUT2D eigenvalue weighted by molar-refractivity contribution is 5.97. The molecule has 1 saturated heterocycles. The van der Waals surface area contributed by atoms with Gasteiger partial charge in [0.2, 0.25) is 5.88 Å². The second kappa shape index (κ2) is 8.28. The van der Waals surface area contributed by atoms with Crippen molar-refractivity contribution in [1.29, 1.82) is 0 Å². The SMILES string of the molecule is C[C@H]1[C@H](Oc2cnc(C(F)(F)F)cn2)CCCN1C(=O)c1cccnc1-n1nccn1. The van der Waals surface area contributed by atoms with Crippen molar-refractivity contribution in [3.8, 4) is 11.7 Å². The van der Waals surface area contributed by atoms with Crippen molar-refractivity contribution < 1.29 is 22.7 Å². The number of pyridine rings is 1. The molecule has 0 N–H and O–H groups in total. The van der Waals surface area contributed by atoms with E-state index in [1.54, 1.807) is 23.2 Å². The summed E-state index contributed by atoms with van der Waals surface area (Å²) in [5.41, 5.74) is -0.759. The molecule has 3 aromatic heterocycles. The zero-order chi connectivity index (χ0) is 22.0. The number of piperidine rings is 1. The number of likely N-dealkylation sites (tertiary alicyclic amines) is 1. The average Bonchev–Trinajstić information content (AvgIpc) is 3.29. The minimum Gasteiger partial charge on any atom is -0.471 e. The van der Waals surface area contributed by atoms with Crippen molar-refractivity contribution in [2.45, 2.75) is 38.1 Å². The Morgan fingerprint density at radius 3 is 2.58 bits per heavy atom. The van der Waals surface area contributed by atoms with Crippen molar-refractivity contribution in [2.24, 2.45) is 0 Å². The maximum Gasteiger partial charge on any atom is 0.434 e. The Balaban J connectivity index is 1.52. The first-order chi connectivity index (χ1) is 14.8. The topological polar surface area (TPSA) is 98.9 Å². The molecule has 4 heterocycles. The first kappa shape index (κ1) is 20.7. The molecule has 9 nitrogen and oxygen atoms in total. The van der Waals surface area contributed by atoms with E-state index in [0.717, 1.165) is 6.20 Å². The predicted octanol–water partition coefficient (Wildman–Crippen LogP) is 2.54. The van der Waals surface area contributed by atoms with Crippen LogP contribution in [0.2, 0.25) is 0 Å². The van der Waals surface area contributed by atoms with Gasteiger partial charge < -0.3 is 9.64 Å². The molecule has 2 atom stereocenters. The average molecular weight is 433 g/mol. The van der Waals surface area contributed by atoms with E-state index in [2.05, 4.69) is 25.1 Å². The number of aromatic nitrogens is 6.